The number of hydrogen-bond acceptors (Lipinski definition) is 5. The number of anilines is 2. The van der Waals surface area contributed by atoms with Gasteiger partial charge in [0.1, 0.15) is 11.4 Å². The second kappa shape index (κ2) is 7.78. The Balaban J connectivity index is 1.44. The van der Waals surface area contributed by atoms with Gasteiger partial charge in [0.05, 0.1) is 5.56 Å². The molecule has 1 aromatic carbocycles. The minimum Gasteiger partial charge on any atom is -0.329 e. The van der Waals surface area contributed by atoms with Gasteiger partial charge in [-0.25, -0.2) is 9.78 Å². The number of para-hydroxylation sites is 1. The predicted molar refractivity (Wildman–Crippen MR) is 112 cm³/mol. The zero-order chi connectivity index (χ0) is 21.3. The molecule has 2 N–H and O–H groups in total. The first-order valence-corrected chi connectivity index (χ1v) is 10.1. The van der Waals surface area contributed by atoms with Gasteiger partial charge in [0, 0.05) is 18.9 Å². The monoisotopic (exact) mass is 407 g/mol. The number of amides is 4. The Bertz CT molecular complexity index is 952. The Morgan fingerprint density at radius 2 is 1.87 bits per heavy atom. The van der Waals surface area contributed by atoms with E-state index in [0.29, 0.717) is 24.6 Å². The Morgan fingerprint density at radius 3 is 2.50 bits per heavy atom. The van der Waals surface area contributed by atoms with Gasteiger partial charge in [-0.3, -0.25) is 15.0 Å². The topological polar surface area (TPSA) is 94.6 Å². The highest BCUT2D eigenvalue weighted by Crippen LogP contribution is 2.35. The van der Waals surface area contributed by atoms with Crippen molar-refractivity contribution in [3.63, 3.8) is 0 Å². The summed E-state index contributed by atoms with van der Waals surface area (Å²) in [4.78, 5) is 44.1. The molecule has 0 atom stereocenters. The van der Waals surface area contributed by atoms with Crippen LogP contribution in [0.3, 0.4) is 0 Å². The van der Waals surface area contributed by atoms with E-state index in [1.807, 2.05) is 42.3 Å². The first-order valence-electron chi connectivity index (χ1n) is 10.1. The molecule has 30 heavy (non-hydrogen) atoms. The Labute approximate surface area is 175 Å². The SMILES string of the molecule is CC1CCC2(CC1)NC(=O)N(NC(=O)c1ccc(N(C)c3ccccc3)nc1)C2=O. The molecule has 0 radical (unpaired) electrons. The van der Waals surface area contributed by atoms with Crippen LogP contribution in [0.25, 0.3) is 0 Å². The summed E-state index contributed by atoms with van der Waals surface area (Å²) in [7, 11) is 1.88. The van der Waals surface area contributed by atoms with Crippen molar-refractivity contribution < 1.29 is 14.4 Å². The van der Waals surface area contributed by atoms with Crippen molar-refractivity contribution >= 4 is 29.4 Å². The maximum absolute atomic E-state index is 12.9. The molecule has 2 heterocycles. The maximum Gasteiger partial charge on any atom is 0.344 e. The summed E-state index contributed by atoms with van der Waals surface area (Å²) in [6.45, 7) is 2.14. The minimum atomic E-state index is -0.891. The number of carbonyl (C=O) groups excluding carboxylic acids is 3. The van der Waals surface area contributed by atoms with Gasteiger partial charge >= 0.3 is 6.03 Å². The number of pyridine rings is 1. The van der Waals surface area contributed by atoms with E-state index in [9.17, 15) is 14.4 Å². The third-order valence-electron chi connectivity index (χ3n) is 6.00. The lowest BCUT2D eigenvalue weighted by molar-refractivity contribution is -0.134. The van der Waals surface area contributed by atoms with E-state index in [2.05, 4.69) is 22.7 Å². The molecular weight excluding hydrogens is 382 g/mol. The third-order valence-corrected chi connectivity index (χ3v) is 6.00. The average Bonchev–Trinajstić information content (AvgIpc) is 3.00. The van der Waals surface area contributed by atoms with Crippen LogP contribution in [-0.4, -0.2) is 40.4 Å². The second-order valence-electron chi connectivity index (χ2n) is 8.08. The number of hydrogen-bond donors (Lipinski definition) is 2. The van der Waals surface area contributed by atoms with Crippen LogP contribution in [0.1, 0.15) is 43.0 Å². The fourth-order valence-electron chi connectivity index (χ4n) is 3.98. The fourth-order valence-corrected chi connectivity index (χ4v) is 3.98. The molecule has 4 rings (SSSR count). The van der Waals surface area contributed by atoms with Crippen molar-refractivity contribution in [2.24, 2.45) is 5.92 Å². The van der Waals surface area contributed by atoms with Gasteiger partial charge in [-0.05, 0) is 55.9 Å². The molecule has 0 bridgehead atoms. The van der Waals surface area contributed by atoms with Gasteiger partial charge in [0.15, 0.2) is 0 Å². The molecular formula is C22H25N5O3. The highest BCUT2D eigenvalue weighted by Gasteiger charge is 2.52. The van der Waals surface area contributed by atoms with E-state index in [0.717, 1.165) is 23.5 Å². The number of benzene rings is 1. The van der Waals surface area contributed by atoms with E-state index < -0.39 is 17.5 Å². The Kier molecular flexibility index (Phi) is 5.15. The number of urea groups is 1. The molecule has 8 nitrogen and oxygen atoms in total. The molecule has 0 unspecified atom stereocenters. The molecule has 156 valence electrons. The number of aromatic nitrogens is 1. The van der Waals surface area contributed by atoms with Crippen LogP contribution in [0, 0.1) is 5.92 Å². The Morgan fingerprint density at radius 1 is 1.17 bits per heavy atom. The first kappa shape index (κ1) is 19.9. The van der Waals surface area contributed by atoms with Gasteiger partial charge in [0.2, 0.25) is 0 Å². The minimum absolute atomic E-state index is 0.263. The molecule has 2 aromatic rings. The molecule has 1 aromatic heterocycles. The molecule has 2 fully saturated rings. The summed E-state index contributed by atoms with van der Waals surface area (Å²) in [5.41, 5.74) is 2.77. The normalized spacial score (nSPS) is 23.4. The van der Waals surface area contributed by atoms with Crippen LogP contribution in [-0.2, 0) is 4.79 Å². The van der Waals surface area contributed by atoms with E-state index in [1.165, 1.54) is 6.20 Å². The average molecular weight is 407 g/mol. The van der Waals surface area contributed by atoms with Crippen LogP contribution < -0.4 is 15.6 Å². The lowest BCUT2D eigenvalue weighted by Gasteiger charge is -2.33. The fraction of sp³-hybridized carbons (Fsp3) is 0.364. The van der Waals surface area contributed by atoms with Crippen molar-refractivity contribution in [3.05, 3.63) is 54.2 Å². The number of rotatable bonds is 4. The van der Waals surface area contributed by atoms with E-state index in [-0.39, 0.29) is 11.5 Å². The Hall–Kier alpha value is -3.42. The molecule has 1 saturated carbocycles. The first-order chi connectivity index (χ1) is 14.4. The lowest BCUT2D eigenvalue weighted by atomic mass is 9.77. The number of carbonyl (C=O) groups is 3. The molecule has 1 spiro atoms. The van der Waals surface area contributed by atoms with Crippen molar-refractivity contribution in [1.29, 1.82) is 0 Å². The van der Waals surface area contributed by atoms with Crippen LogP contribution in [0.4, 0.5) is 16.3 Å². The standard InChI is InChI=1S/C22H25N5O3/c1-15-10-12-22(13-11-15)20(29)27(21(30)24-22)25-19(28)16-8-9-18(23-14-16)26(2)17-6-4-3-5-7-17/h3-9,14-15H,10-13H2,1-2H3,(H,24,30)(H,25,28). The van der Waals surface area contributed by atoms with Crippen LogP contribution in [0.15, 0.2) is 48.7 Å². The summed E-state index contributed by atoms with van der Waals surface area (Å²) in [6, 6.07) is 12.5. The zero-order valence-electron chi connectivity index (χ0n) is 17.1. The van der Waals surface area contributed by atoms with Gasteiger partial charge in [-0.15, -0.1) is 0 Å². The summed E-state index contributed by atoms with van der Waals surface area (Å²) in [6.07, 6.45) is 4.35. The van der Waals surface area contributed by atoms with Crippen molar-refractivity contribution in [2.45, 2.75) is 38.1 Å². The van der Waals surface area contributed by atoms with Crippen molar-refractivity contribution in [2.75, 3.05) is 11.9 Å². The number of hydrazine groups is 1. The highest BCUT2D eigenvalue weighted by molar-refractivity contribution is 6.09. The number of nitrogens with zero attached hydrogens (tertiary/aromatic N) is 3. The molecule has 1 aliphatic carbocycles. The van der Waals surface area contributed by atoms with Crippen LogP contribution >= 0.6 is 0 Å². The largest absolute Gasteiger partial charge is 0.344 e. The van der Waals surface area contributed by atoms with Gasteiger partial charge < -0.3 is 10.2 Å². The predicted octanol–water partition coefficient (Wildman–Crippen LogP) is 3.00. The van der Waals surface area contributed by atoms with E-state index in [1.54, 1.807) is 12.1 Å². The zero-order valence-corrected chi connectivity index (χ0v) is 17.1. The van der Waals surface area contributed by atoms with Crippen molar-refractivity contribution in [3.8, 4) is 0 Å². The summed E-state index contributed by atoms with van der Waals surface area (Å²) < 4.78 is 0. The molecule has 4 amide bonds. The molecule has 8 heteroatoms. The summed E-state index contributed by atoms with van der Waals surface area (Å²) in [5, 5.41) is 3.60. The molecule has 1 saturated heterocycles. The third kappa shape index (κ3) is 3.60. The summed E-state index contributed by atoms with van der Waals surface area (Å²) in [5.74, 6) is 0.257. The number of nitrogens with one attached hydrogen (secondary N) is 2. The van der Waals surface area contributed by atoms with Crippen LogP contribution in [0.2, 0.25) is 0 Å². The lowest BCUT2D eigenvalue weighted by Crippen LogP contribution is -2.51. The second-order valence-corrected chi connectivity index (χ2v) is 8.08. The van der Waals surface area contributed by atoms with E-state index in [4.69, 9.17) is 0 Å². The van der Waals surface area contributed by atoms with Crippen LogP contribution in [0.5, 0.6) is 0 Å². The van der Waals surface area contributed by atoms with Gasteiger partial charge in [0.25, 0.3) is 11.8 Å². The molecule has 1 aliphatic heterocycles. The molecule has 2 aliphatic rings. The number of imide groups is 1. The van der Waals surface area contributed by atoms with E-state index >= 15 is 0 Å². The van der Waals surface area contributed by atoms with Crippen molar-refractivity contribution in [1.82, 2.24) is 20.7 Å². The smallest absolute Gasteiger partial charge is 0.329 e. The quantitative estimate of drug-likeness (QED) is 0.760. The highest BCUT2D eigenvalue weighted by atomic mass is 16.2. The van der Waals surface area contributed by atoms with Gasteiger partial charge in [-0.1, -0.05) is 25.1 Å². The van der Waals surface area contributed by atoms with Gasteiger partial charge in [-0.2, -0.15) is 5.01 Å². The maximum atomic E-state index is 12.9. The summed E-state index contributed by atoms with van der Waals surface area (Å²) >= 11 is 0.